The van der Waals surface area contributed by atoms with Crippen molar-refractivity contribution in [2.45, 2.75) is 51.2 Å². The maximum Gasteiger partial charge on any atom is 0.272 e. The van der Waals surface area contributed by atoms with Gasteiger partial charge in [-0.25, -0.2) is 8.60 Å². The molecule has 3 rings (SSSR count). The van der Waals surface area contributed by atoms with Crippen LogP contribution in [0, 0.1) is 5.82 Å². The molecule has 0 unspecified atom stereocenters. The largest absolute Gasteiger partial charge is 0.346 e. The van der Waals surface area contributed by atoms with Crippen molar-refractivity contribution >= 4 is 39.9 Å². The van der Waals surface area contributed by atoms with Gasteiger partial charge in [0.2, 0.25) is 0 Å². The van der Waals surface area contributed by atoms with E-state index in [0.717, 1.165) is 42.5 Å². The minimum Gasteiger partial charge on any atom is -0.346 e. The second-order valence-electron chi connectivity index (χ2n) is 8.17. The van der Waals surface area contributed by atoms with Crippen LogP contribution in [-0.4, -0.2) is 25.1 Å². The summed E-state index contributed by atoms with van der Waals surface area (Å²) in [7, 11) is 0.439. The fraction of sp³-hybridized carbons (Fsp3) is 0.429. The second kappa shape index (κ2) is 8.40. The van der Waals surface area contributed by atoms with Crippen molar-refractivity contribution in [2.24, 2.45) is 11.4 Å². The molecule has 0 saturated carbocycles. The van der Waals surface area contributed by atoms with Crippen molar-refractivity contribution in [1.29, 1.82) is 0 Å². The summed E-state index contributed by atoms with van der Waals surface area (Å²) in [5, 5.41) is 2.74. The van der Waals surface area contributed by atoms with Crippen LogP contribution in [0.25, 0.3) is 0 Å². The first-order valence-electron chi connectivity index (χ1n) is 9.52. The van der Waals surface area contributed by atoms with Crippen LogP contribution < -0.4 is 5.32 Å². The number of aryl methyl sites for hydroxylation is 1. The Bertz CT molecular complexity index is 1010. The van der Waals surface area contributed by atoms with Gasteiger partial charge in [-0.05, 0) is 70.2 Å². The quantitative estimate of drug-likeness (QED) is 0.683. The SMILES string of the molecule is Cn1cc2c(c1C(=O)Nc1ccc(F)c(Cl)c1)CCCCC2=N[S@](=O)C(C)(C)C. The molecule has 0 saturated heterocycles. The van der Waals surface area contributed by atoms with Crippen molar-refractivity contribution in [3.63, 3.8) is 0 Å². The van der Waals surface area contributed by atoms with E-state index in [4.69, 9.17) is 11.6 Å². The average molecular weight is 438 g/mol. The molecule has 1 N–H and O–H groups in total. The smallest absolute Gasteiger partial charge is 0.272 e. The number of amides is 1. The van der Waals surface area contributed by atoms with E-state index in [1.54, 1.807) is 11.6 Å². The molecule has 1 aromatic heterocycles. The summed E-state index contributed by atoms with van der Waals surface area (Å²) in [6.07, 6.45) is 5.19. The number of carbonyl (C=O) groups is 1. The van der Waals surface area contributed by atoms with Crippen molar-refractivity contribution in [3.05, 3.63) is 52.1 Å². The van der Waals surface area contributed by atoms with Gasteiger partial charge in [-0.2, -0.15) is 4.40 Å². The number of hydrogen-bond donors (Lipinski definition) is 1. The molecule has 1 aromatic carbocycles. The summed E-state index contributed by atoms with van der Waals surface area (Å²) >= 11 is 5.82. The molecule has 29 heavy (non-hydrogen) atoms. The van der Waals surface area contributed by atoms with E-state index in [-0.39, 0.29) is 10.9 Å². The third-order valence-corrected chi connectivity index (χ3v) is 6.52. The van der Waals surface area contributed by atoms with E-state index in [2.05, 4.69) is 9.71 Å². The lowest BCUT2D eigenvalue weighted by atomic mass is 10.0. The van der Waals surface area contributed by atoms with Gasteiger partial charge in [0.1, 0.15) is 22.5 Å². The first-order valence-corrected chi connectivity index (χ1v) is 11.0. The Kier molecular flexibility index (Phi) is 6.29. The maximum absolute atomic E-state index is 13.4. The molecule has 0 spiro atoms. The van der Waals surface area contributed by atoms with Crippen LogP contribution in [0.1, 0.15) is 61.6 Å². The summed E-state index contributed by atoms with van der Waals surface area (Å²) < 4.78 is 31.8. The highest BCUT2D eigenvalue weighted by molar-refractivity contribution is 7.85. The minimum atomic E-state index is -1.37. The zero-order chi connectivity index (χ0) is 21.3. The summed E-state index contributed by atoms with van der Waals surface area (Å²) in [6, 6.07) is 4.08. The van der Waals surface area contributed by atoms with Gasteiger partial charge in [0.25, 0.3) is 5.91 Å². The summed E-state index contributed by atoms with van der Waals surface area (Å²) in [4.78, 5) is 13.0. The van der Waals surface area contributed by atoms with Gasteiger partial charge in [0.05, 0.1) is 15.5 Å². The van der Waals surface area contributed by atoms with Crippen LogP contribution in [0.5, 0.6) is 0 Å². The molecule has 2 aromatic rings. The molecule has 5 nitrogen and oxygen atoms in total. The van der Waals surface area contributed by atoms with Gasteiger partial charge in [-0.1, -0.05) is 11.6 Å². The molecule has 0 radical (unpaired) electrons. The van der Waals surface area contributed by atoms with E-state index in [1.165, 1.54) is 18.2 Å². The lowest BCUT2D eigenvalue weighted by Gasteiger charge is -2.14. The number of nitrogens with zero attached hydrogens (tertiary/aromatic N) is 2. The van der Waals surface area contributed by atoms with Crippen molar-refractivity contribution < 1.29 is 13.4 Å². The average Bonchev–Trinajstić information content (AvgIpc) is 2.84. The topological polar surface area (TPSA) is 63.5 Å². The van der Waals surface area contributed by atoms with Gasteiger partial charge in [-0.15, -0.1) is 0 Å². The van der Waals surface area contributed by atoms with E-state index in [0.29, 0.717) is 11.4 Å². The van der Waals surface area contributed by atoms with Gasteiger partial charge >= 0.3 is 0 Å². The maximum atomic E-state index is 13.4. The molecular weight excluding hydrogens is 413 g/mol. The van der Waals surface area contributed by atoms with Crippen LogP contribution in [0.3, 0.4) is 0 Å². The summed E-state index contributed by atoms with van der Waals surface area (Å²) in [6.45, 7) is 5.67. The lowest BCUT2D eigenvalue weighted by Crippen LogP contribution is -2.21. The number of aromatic nitrogens is 1. The Labute approximate surface area is 178 Å². The number of anilines is 1. The highest BCUT2D eigenvalue weighted by atomic mass is 35.5. The normalized spacial score (nSPS) is 17.0. The Morgan fingerprint density at radius 2 is 1.97 bits per heavy atom. The van der Waals surface area contributed by atoms with Crippen LogP contribution in [0.2, 0.25) is 5.02 Å². The fourth-order valence-corrected chi connectivity index (χ4v) is 4.14. The van der Waals surface area contributed by atoms with Gasteiger partial charge in [0, 0.05) is 24.5 Å². The van der Waals surface area contributed by atoms with Crippen LogP contribution in [0.4, 0.5) is 10.1 Å². The molecule has 1 aliphatic carbocycles. The molecule has 0 aliphatic heterocycles. The number of fused-ring (bicyclic) bond motifs is 1. The Morgan fingerprint density at radius 3 is 2.62 bits per heavy atom. The first kappa shape index (κ1) is 21.7. The molecular formula is C21H25ClFN3O2S. The first-order chi connectivity index (χ1) is 13.6. The van der Waals surface area contributed by atoms with Crippen LogP contribution in [-0.2, 0) is 24.5 Å². The lowest BCUT2D eigenvalue weighted by molar-refractivity contribution is 0.101. The molecule has 0 fully saturated rings. The number of hydrogen-bond acceptors (Lipinski definition) is 2. The zero-order valence-corrected chi connectivity index (χ0v) is 18.6. The van der Waals surface area contributed by atoms with E-state index in [1.807, 2.05) is 27.0 Å². The predicted molar refractivity (Wildman–Crippen MR) is 117 cm³/mol. The van der Waals surface area contributed by atoms with E-state index >= 15 is 0 Å². The second-order valence-corrected chi connectivity index (χ2v) is 10.5. The van der Waals surface area contributed by atoms with E-state index in [9.17, 15) is 13.4 Å². The molecule has 1 heterocycles. The summed E-state index contributed by atoms with van der Waals surface area (Å²) in [5.74, 6) is -0.834. The van der Waals surface area contributed by atoms with Crippen LogP contribution in [0.15, 0.2) is 28.8 Å². The number of carbonyl (C=O) groups excluding carboxylic acids is 1. The Morgan fingerprint density at radius 1 is 1.28 bits per heavy atom. The highest BCUT2D eigenvalue weighted by Crippen LogP contribution is 2.28. The number of benzene rings is 1. The van der Waals surface area contributed by atoms with Gasteiger partial charge < -0.3 is 9.88 Å². The zero-order valence-electron chi connectivity index (χ0n) is 17.0. The summed E-state index contributed by atoms with van der Waals surface area (Å²) in [5.41, 5.74) is 3.51. The standard InChI is InChI=1S/C21H25ClFN3O2S/c1-21(2,3)29(28)25-18-8-6-5-7-14-15(18)12-26(4)19(14)20(27)24-13-9-10-17(23)16(22)11-13/h9-12H,5-8H2,1-4H3,(H,24,27)/t29-/m1/s1. The molecule has 156 valence electrons. The molecule has 0 bridgehead atoms. The Hall–Kier alpha value is -1.99. The molecule has 1 amide bonds. The molecule has 1 atom stereocenters. The number of nitrogens with one attached hydrogen (secondary N) is 1. The van der Waals surface area contributed by atoms with Crippen molar-refractivity contribution in [3.8, 4) is 0 Å². The number of halogens is 2. The molecule has 8 heteroatoms. The van der Waals surface area contributed by atoms with Gasteiger partial charge in [-0.3, -0.25) is 4.79 Å². The van der Waals surface area contributed by atoms with Crippen LogP contribution >= 0.6 is 11.6 Å². The Balaban J connectivity index is 1.98. The van der Waals surface area contributed by atoms with Gasteiger partial charge in [0.15, 0.2) is 0 Å². The third-order valence-electron chi connectivity index (χ3n) is 4.80. The monoisotopic (exact) mass is 437 g/mol. The minimum absolute atomic E-state index is 0.0485. The third kappa shape index (κ3) is 4.78. The fourth-order valence-electron chi connectivity index (χ4n) is 3.30. The van der Waals surface area contributed by atoms with Crippen molar-refractivity contribution in [2.75, 3.05) is 5.32 Å². The highest BCUT2D eigenvalue weighted by Gasteiger charge is 2.27. The number of rotatable bonds is 3. The predicted octanol–water partition coefficient (Wildman–Crippen LogP) is 5.05. The van der Waals surface area contributed by atoms with E-state index < -0.39 is 21.5 Å². The van der Waals surface area contributed by atoms with Crippen molar-refractivity contribution in [1.82, 2.24) is 4.57 Å². The molecule has 1 aliphatic rings.